The molecule has 14 heavy (non-hydrogen) atoms. The van der Waals surface area contributed by atoms with Crippen LogP contribution < -0.4 is 5.90 Å². The van der Waals surface area contributed by atoms with E-state index in [2.05, 4.69) is 15.0 Å². The van der Waals surface area contributed by atoms with Crippen LogP contribution in [0.5, 0.6) is 0 Å². The van der Waals surface area contributed by atoms with Crippen molar-refractivity contribution in [2.75, 3.05) is 6.61 Å². The smallest absolute Gasteiger partial charge is 0.342 e. The molecular weight excluding hydrogens is 188 g/mol. The molecule has 0 aromatic carbocycles. The first-order valence-corrected chi connectivity index (χ1v) is 3.99. The van der Waals surface area contributed by atoms with E-state index < -0.39 is 10.3 Å². The summed E-state index contributed by atoms with van der Waals surface area (Å²) in [4.78, 5) is 14.4. The number of nitrogens with zero attached hydrogens (tertiary/aromatic N) is 2. The topological polar surface area (TPSA) is 107 Å². The Labute approximate surface area is 80.3 Å². The average molecular weight is 200 g/mol. The summed E-state index contributed by atoms with van der Waals surface area (Å²) < 4.78 is 0. The normalized spacial score (nSPS) is 11.6. The van der Waals surface area contributed by atoms with Crippen LogP contribution in [0.25, 0.3) is 0 Å². The fraction of sp³-hybridized carbons (Fsp3) is 0.571. The summed E-state index contributed by atoms with van der Waals surface area (Å²) in [6, 6.07) is 1.37. The quantitative estimate of drug-likeness (QED) is 0.543. The second kappa shape index (κ2) is 3.72. The molecule has 0 aliphatic carbocycles. The molecule has 7 heteroatoms. The summed E-state index contributed by atoms with van der Waals surface area (Å²) in [7, 11) is 0. The van der Waals surface area contributed by atoms with Crippen LogP contribution in [-0.2, 0) is 10.3 Å². The van der Waals surface area contributed by atoms with Crippen molar-refractivity contribution >= 4 is 5.82 Å². The molecule has 0 bridgehead atoms. The van der Waals surface area contributed by atoms with Gasteiger partial charge in [-0.3, -0.25) is 0 Å². The molecule has 1 aromatic heterocycles. The Hall–Kier alpha value is -1.47. The van der Waals surface area contributed by atoms with E-state index >= 15 is 0 Å². The second-order valence-electron chi connectivity index (χ2n) is 3.59. The Morgan fingerprint density at radius 1 is 1.79 bits per heavy atom. The van der Waals surface area contributed by atoms with Gasteiger partial charge in [0.05, 0.1) is 18.4 Å². The van der Waals surface area contributed by atoms with Gasteiger partial charge in [-0.05, 0) is 4.92 Å². The van der Waals surface area contributed by atoms with Crippen LogP contribution in [0.1, 0.15) is 19.5 Å². The zero-order chi connectivity index (χ0) is 10.8. The van der Waals surface area contributed by atoms with Gasteiger partial charge in [0.1, 0.15) is 0 Å². The van der Waals surface area contributed by atoms with Crippen LogP contribution in [0.3, 0.4) is 0 Å². The van der Waals surface area contributed by atoms with Crippen molar-refractivity contribution in [3.8, 4) is 0 Å². The minimum atomic E-state index is -0.532. The molecule has 0 radical (unpaired) electrons. The highest BCUT2D eigenvalue weighted by Crippen LogP contribution is 2.23. The van der Waals surface area contributed by atoms with Gasteiger partial charge in [-0.2, -0.15) is 0 Å². The van der Waals surface area contributed by atoms with Crippen molar-refractivity contribution in [2.24, 2.45) is 5.90 Å². The Kier molecular flexibility index (Phi) is 2.82. The summed E-state index contributed by atoms with van der Waals surface area (Å²) in [6.45, 7) is 3.91. The molecule has 0 spiro atoms. The van der Waals surface area contributed by atoms with Crippen molar-refractivity contribution in [1.29, 1.82) is 0 Å². The van der Waals surface area contributed by atoms with Gasteiger partial charge in [0.2, 0.25) is 0 Å². The first-order chi connectivity index (χ1) is 6.47. The molecule has 0 aliphatic heterocycles. The number of H-pyrrole nitrogens is 1. The van der Waals surface area contributed by atoms with Gasteiger partial charge in [0.15, 0.2) is 0 Å². The standard InChI is InChI=1S/C7H12N4O3/c1-7(2,4-14-8)5-3-6(10-9-5)11(12)13/h3H,4,8H2,1-2H3,(H,9,10). The third-order valence-electron chi connectivity index (χ3n) is 1.90. The molecule has 0 fully saturated rings. The lowest BCUT2D eigenvalue weighted by Gasteiger charge is -2.18. The minimum absolute atomic E-state index is 0.134. The van der Waals surface area contributed by atoms with Crippen molar-refractivity contribution in [2.45, 2.75) is 19.3 Å². The van der Waals surface area contributed by atoms with Crippen LogP contribution in [0.4, 0.5) is 5.82 Å². The number of nitrogens with two attached hydrogens (primary N) is 1. The highest BCUT2D eigenvalue weighted by molar-refractivity contribution is 5.25. The van der Waals surface area contributed by atoms with E-state index in [1.807, 2.05) is 13.8 Å². The molecule has 0 atom stereocenters. The summed E-state index contributed by atoms with van der Waals surface area (Å²) in [6.07, 6.45) is 0. The van der Waals surface area contributed by atoms with Gasteiger partial charge in [0, 0.05) is 5.41 Å². The third-order valence-corrected chi connectivity index (χ3v) is 1.90. The van der Waals surface area contributed by atoms with E-state index in [-0.39, 0.29) is 12.4 Å². The van der Waals surface area contributed by atoms with Crippen LogP contribution >= 0.6 is 0 Å². The molecule has 7 nitrogen and oxygen atoms in total. The third kappa shape index (κ3) is 2.06. The fourth-order valence-corrected chi connectivity index (χ4v) is 1.03. The minimum Gasteiger partial charge on any atom is -0.358 e. The zero-order valence-corrected chi connectivity index (χ0v) is 7.98. The van der Waals surface area contributed by atoms with E-state index in [9.17, 15) is 10.1 Å². The van der Waals surface area contributed by atoms with E-state index in [4.69, 9.17) is 5.90 Å². The molecular formula is C7H12N4O3. The van der Waals surface area contributed by atoms with Gasteiger partial charge >= 0.3 is 5.82 Å². The van der Waals surface area contributed by atoms with Gasteiger partial charge < -0.3 is 15.0 Å². The Morgan fingerprint density at radius 3 is 2.86 bits per heavy atom. The number of nitrogens with one attached hydrogen (secondary N) is 1. The SMILES string of the molecule is CC(C)(CON)c1cc([N+](=O)[O-])[nH]n1. The second-order valence-corrected chi connectivity index (χ2v) is 3.59. The predicted molar refractivity (Wildman–Crippen MR) is 48.4 cm³/mol. The Balaban J connectivity index is 2.90. The highest BCUT2D eigenvalue weighted by Gasteiger charge is 2.26. The first kappa shape index (κ1) is 10.6. The van der Waals surface area contributed by atoms with E-state index in [0.717, 1.165) is 0 Å². The number of aromatic amines is 1. The van der Waals surface area contributed by atoms with Crippen molar-refractivity contribution in [3.05, 3.63) is 21.9 Å². The van der Waals surface area contributed by atoms with E-state index in [0.29, 0.717) is 5.69 Å². The number of hydrogen-bond acceptors (Lipinski definition) is 5. The van der Waals surface area contributed by atoms with Crippen LogP contribution in [-0.4, -0.2) is 21.7 Å². The number of nitro groups is 1. The number of rotatable bonds is 4. The summed E-state index contributed by atoms with van der Waals surface area (Å²) in [5, 5.41) is 16.5. The number of aromatic nitrogens is 2. The summed E-state index contributed by atoms with van der Waals surface area (Å²) in [5.41, 5.74) is 0.106. The summed E-state index contributed by atoms with van der Waals surface area (Å²) in [5.74, 6) is 4.81. The zero-order valence-electron chi connectivity index (χ0n) is 7.98. The summed E-state index contributed by atoms with van der Waals surface area (Å²) >= 11 is 0. The maximum atomic E-state index is 10.4. The van der Waals surface area contributed by atoms with Gasteiger partial charge in [0.25, 0.3) is 0 Å². The van der Waals surface area contributed by atoms with Crippen LogP contribution in [0, 0.1) is 10.1 Å². The molecule has 0 aliphatic rings. The molecule has 0 amide bonds. The van der Waals surface area contributed by atoms with Crippen LogP contribution in [0.15, 0.2) is 6.07 Å². The number of hydrogen-bond donors (Lipinski definition) is 2. The average Bonchev–Trinajstić information content (AvgIpc) is 2.51. The first-order valence-electron chi connectivity index (χ1n) is 3.99. The van der Waals surface area contributed by atoms with Gasteiger partial charge in [-0.25, -0.2) is 5.90 Å². The molecule has 0 unspecified atom stereocenters. The maximum Gasteiger partial charge on any atom is 0.342 e. The van der Waals surface area contributed by atoms with Crippen molar-refractivity contribution in [3.63, 3.8) is 0 Å². The molecule has 1 aromatic rings. The van der Waals surface area contributed by atoms with E-state index in [1.165, 1.54) is 6.07 Å². The maximum absolute atomic E-state index is 10.4. The van der Waals surface area contributed by atoms with E-state index in [1.54, 1.807) is 0 Å². The van der Waals surface area contributed by atoms with Crippen LogP contribution in [0.2, 0.25) is 0 Å². The fourth-order valence-electron chi connectivity index (χ4n) is 1.03. The van der Waals surface area contributed by atoms with Gasteiger partial charge in [-0.1, -0.05) is 18.9 Å². The lowest BCUT2D eigenvalue weighted by atomic mass is 9.91. The Morgan fingerprint density at radius 2 is 2.43 bits per heavy atom. The monoisotopic (exact) mass is 200 g/mol. The molecule has 0 saturated carbocycles. The molecule has 1 heterocycles. The van der Waals surface area contributed by atoms with Crippen molar-refractivity contribution < 1.29 is 9.76 Å². The van der Waals surface area contributed by atoms with Crippen molar-refractivity contribution in [1.82, 2.24) is 10.2 Å². The molecule has 0 saturated heterocycles. The highest BCUT2D eigenvalue weighted by atomic mass is 16.6. The largest absolute Gasteiger partial charge is 0.358 e. The predicted octanol–water partition coefficient (Wildman–Crippen LogP) is 0.486. The lowest BCUT2D eigenvalue weighted by Crippen LogP contribution is -2.26. The molecule has 1 rings (SSSR count). The molecule has 78 valence electrons. The molecule has 3 N–H and O–H groups in total. The Bertz CT molecular complexity index is 333. The lowest BCUT2D eigenvalue weighted by molar-refractivity contribution is -0.389. The van der Waals surface area contributed by atoms with Gasteiger partial charge in [-0.15, -0.1) is 5.10 Å².